The number of nitrogens with two attached hydrogens (primary N) is 1. The average Bonchev–Trinajstić information content (AvgIpc) is 2.11. The monoisotopic (exact) mass is 209 g/mol. The molecule has 0 heterocycles. The molecule has 0 aromatic rings. The van der Waals surface area contributed by atoms with Gasteiger partial charge in [-0.2, -0.15) is 0 Å². The fourth-order valence-corrected chi connectivity index (χ4v) is 1.18. The molecule has 0 saturated heterocycles. The van der Waals surface area contributed by atoms with Crippen molar-refractivity contribution in [2.24, 2.45) is 11.7 Å². The third-order valence-electron chi connectivity index (χ3n) is 2.18. The van der Waals surface area contributed by atoms with E-state index in [4.69, 9.17) is 5.11 Å². The first kappa shape index (κ1) is 13.3. The van der Waals surface area contributed by atoms with E-state index in [9.17, 15) is 13.6 Å². The Morgan fingerprint density at radius 2 is 1.86 bits per heavy atom. The van der Waals surface area contributed by atoms with Crippen LogP contribution in [0.25, 0.3) is 0 Å². The van der Waals surface area contributed by atoms with Crippen molar-refractivity contribution in [1.29, 1.82) is 0 Å². The molecule has 0 aromatic carbocycles. The van der Waals surface area contributed by atoms with Crippen LogP contribution in [0.2, 0.25) is 0 Å². The van der Waals surface area contributed by atoms with E-state index in [-0.39, 0.29) is 19.4 Å². The topological polar surface area (TPSA) is 63.3 Å². The summed E-state index contributed by atoms with van der Waals surface area (Å²) in [5, 5.41) is 7.60. The molecule has 14 heavy (non-hydrogen) atoms. The van der Waals surface area contributed by atoms with Gasteiger partial charge in [0.1, 0.15) is 0 Å². The highest BCUT2D eigenvalue weighted by atomic mass is 19.3. The lowest BCUT2D eigenvalue weighted by Gasteiger charge is -2.25. The number of hydrogen-bond donors (Lipinski definition) is 2. The number of aliphatic carboxylic acids is 1. The van der Waals surface area contributed by atoms with Gasteiger partial charge in [-0.25, -0.2) is 8.78 Å². The molecule has 84 valence electrons. The maximum Gasteiger partial charge on any atom is 0.317 e. The lowest BCUT2D eigenvalue weighted by atomic mass is 9.88. The van der Waals surface area contributed by atoms with Gasteiger partial charge in [0.2, 0.25) is 5.92 Å². The van der Waals surface area contributed by atoms with Crippen LogP contribution >= 0.6 is 0 Å². The van der Waals surface area contributed by atoms with Crippen molar-refractivity contribution in [3.8, 4) is 0 Å². The predicted octanol–water partition coefficient (Wildman–Crippen LogP) is 1.86. The first-order valence-corrected chi connectivity index (χ1v) is 4.67. The van der Waals surface area contributed by atoms with Gasteiger partial charge < -0.3 is 10.8 Å². The summed E-state index contributed by atoms with van der Waals surface area (Å²) < 4.78 is 24.8. The lowest BCUT2D eigenvalue weighted by Crippen LogP contribution is -2.23. The van der Waals surface area contributed by atoms with E-state index in [2.05, 4.69) is 5.73 Å². The molecular weight excluding hydrogens is 192 g/mol. The Morgan fingerprint density at radius 3 is 2.07 bits per heavy atom. The second-order valence-corrected chi connectivity index (χ2v) is 3.64. The zero-order chi connectivity index (χ0) is 11.2. The Hall–Kier alpha value is -0.710. The van der Waals surface area contributed by atoms with Crippen LogP contribution in [0.5, 0.6) is 0 Å². The number of rotatable bonds is 1. The molecular formula is C9H17F2NO2. The van der Waals surface area contributed by atoms with Crippen molar-refractivity contribution in [2.45, 2.75) is 38.5 Å². The van der Waals surface area contributed by atoms with Crippen LogP contribution in [0, 0.1) is 5.92 Å². The third kappa shape index (κ3) is 6.77. The number of carboxylic acid groups (broad SMARTS) is 1. The van der Waals surface area contributed by atoms with Gasteiger partial charge in [-0.05, 0) is 18.8 Å². The highest BCUT2D eigenvalue weighted by Crippen LogP contribution is 2.35. The van der Waals surface area contributed by atoms with Crippen molar-refractivity contribution < 1.29 is 18.7 Å². The molecule has 3 N–H and O–H groups in total. The summed E-state index contributed by atoms with van der Waals surface area (Å²) in [7, 11) is 0. The predicted molar refractivity (Wildman–Crippen MR) is 49.3 cm³/mol. The first-order chi connectivity index (χ1) is 6.37. The molecule has 1 saturated carbocycles. The van der Waals surface area contributed by atoms with Crippen molar-refractivity contribution in [3.63, 3.8) is 0 Å². The fraction of sp³-hybridized carbons (Fsp3) is 0.889. The zero-order valence-corrected chi connectivity index (χ0v) is 8.30. The molecule has 3 nitrogen and oxygen atoms in total. The second-order valence-electron chi connectivity index (χ2n) is 3.64. The molecule has 0 aliphatic heterocycles. The molecule has 0 aromatic heterocycles. The minimum absolute atomic E-state index is 0.105. The first-order valence-electron chi connectivity index (χ1n) is 4.67. The standard InChI is InChI=1S/C7H12F2.C2H5NO2/c1-6-2-4-7(8,9)5-3-6;3-1-2(4)5/h6H,2-5H2,1H3;1,3H2,(H,4,5). The van der Waals surface area contributed by atoms with Gasteiger partial charge in [0.15, 0.2) is 0 Å². The number of hydrogen-bond acceptors (Lipinski definition) is 2. The van der Waals surface area contributed by atoms with Crippen LogP contribution in [-0.2, 0) is 4.79 Å². The molecule has 0 unspecified atom stereocenters. The quantitative estimate of drug-likeness (QED) is 0.692. The van der Waals surface area contributed by atoms with Gasteiger partial charge >= 0.3 is 5.97 Å². The van der Waals surface area contributed by atoms with E-state index >= 15 is 0 Å². The smallest absolute Gasteiger partial charge is 0.317 e. The molecule has 5 heteroatoms. The number of carboxylic acids is 1. The Kier molecular flexibility index (Phi) is 5.60. The van der Waals surface area contributed by atoms with E-state index in [0.29, 0.717) is 18.8 Å². The summed E-state index contributed by atoms with van der Waals surface area (Å²) in [6, 6.07) is 0. The van der Waals surface area contributed by atoms with Crippen molar-refractivity contribution in [2.75, 3.05) is 6.54 Å². The Labute approximate surface area is 82.3 Å². The van der Waals surface area contributed by atoms with Gasteiger partial charge in [0.25, 0.3) is 0 Å². The van der Waals surface area contributed by atoms with Crippen molar-refractivity contribution >= 4 is 5.97 Å². The molecule has 0 bridgehead atoms. The average molecular weight is 209 g/mol. The van der Waals surface area contributed by atoms with Gasteiger partial charge in [-0.1, -0.05) is 6.92 Å². The van der Waals surface area contributed by atoms with Gasteiger partial charge in [0, 0.05) is 12.8 Å². The third-order valence-corrected chi connectivity index (χ3v) is 2.18. The molecule has 1 aliphatic carbocycles. The molecule has 0 spiro atoms. The minimum Gasteiger partial charge on any atom is -0.480 e. The summed E-state index contributed by atoms with van der Waals surface area (Å²) in [6.45, 7) is 1.76. The second kappa shape index (κ2) is 5.90. The molecule has 0 radical (unpaired) electrons. The van der Waals surface area contributed by atoms with Crippen LogP contribution in [-0.4, -0.2) is 23.5 Å². The van der Waals surface area contributed by atoms with Crippen LogP contribution in [0.1, 0.15) is 32.6 Å². The van der Waals surface area contributed by atoms with Gasteiger partial charge in [0.05, 0.1) is 6.54 Å². The van der Waals surface area contributed by atoms with Gasteiger partial charge in [-0.3, -0.25) is 4.79 Å². The Morgan fingerprint density at radius 1 is 1.50 bits per heavy atom. The molecule has 0 amide bonds. The molecule has 1 aliphatic rings. The largest absolute Gasteiger partial charge is 0.480 e. The van der Waals surface area contributed by atoms with Crippen LogP contribution in [0.3, 0.4) is 0 Å². The highest BCUT2D eigenvalue weighted by Gasteiger charge is 2.32. The normalized spacial score (nSPS) is 20.9. The fourth-order valence-electron chi connectivity index (χ4n) is 1.18. The number of carbonyl (C=O) groups is 1. The lowest BCUT2D eigenvalue weighted by molar-refractivity contribution is -0.135. The summed E-state index contributed by atoms with van der Waals surface area (Å²) in [5.41, 5.74) is 4.57. The van der Waals surface area contributed by atoms with Crippen LogP contribution in [0.15, 0.2) is 0 Å². The zero-order valence-electron chi connectivity index (χ0n) is 8.30. The van der Waals surface area contributed by atoms with E-state index in [0.717, 1.165) is 0 Å². The number of alkyl halides is 2. The van der Waals surface area contributed by atoms with E-state index in [1.807, 2.05) is 6.92 Å². The van der Waals surface area contributed by atoms with E-state index < -0.39 is 11.9 Å². The maximum atomic E-state index is 12.4. The number of halogens is 2. The Balaban J connectivity index is 0.000000292. The Bertz CT molecular complexity index is 176. The summed E-state index contributed by atoms with van der Waals surface area (Å²) >= 11 is 0. The van der Waals surface area contributed by atoms with Gasteiger partial charge in [-0.15, -0.1) is 0 Å². The minimum atomic E-state index is -2.34. The summed E-state index contributed by atoms with van der Waals surface area (Å²) in [6.07, 6.45) is 1.61. The molecule has 0 atom stereocenters. The van der Waals surface area contributed by atoms with Crippen LogP contribution in [0.4, 0.5) is 8.78 Å². The molecule has 1 fully saturated rings. The van der Waals surface area contributed by atoms with Crippen molar-refractivity contribution in [3.05, 3.63) is 0 Å². The highest BCUT2D eigenvalue weighted by molar-refractivity contribution is 5.68. The maximum absolute atomic E-state index is 12.4. The van der Waals surface area contributed by atoms with Crippen molar-refractivity contribution in [1.82, 2.24) is 0 Å². The summed E-state index contributed by atoms with van der Waals surface area (Å²) in [4.78, 5) is 9.24. The van der Waals surface area contributed by atoms with E-state index in [1.165, 1.54) is 0 Å². The van der Waals surface area contributed by atoms with E-state index in [1.54, 1.807) is 0 Å². The molecule has 1 rings (SSSR count). The summed E-state index contributed by atoms with van der Waals surface area (Å²) in [5.74, 6) is -2.79. The SMILES string of the molecule is CC1CCC(F)(F)CC1.NCC(=O)O. The van der Waals surface area contributed by atoms with Crippen LogP contribution < -0.4 is 5.73 Å².